The molecule has 120 valence electrons. The Hall–Kier alpha value is -1.83. The largest absolute Gasteiger partial charge is 0.481 e. The van der Waals surface area contributed by atoms with Crippen LogP contribution >= 0.6 is 0 Å². The predicted octanol–water partition coefficient (Wildman–Crippen LogP) is -0.358. The van der Waals surface area contributed by atoms with Gasteiger partial charge in [-0.05, 0) is 20.8 Å². The van der Waals surface area contributed by atoms with Crippen LogP contribution in [0.5, 0.6) is 0 Å². The molecule has 0 aromatic rings. The van der Waals surface area contributed by atoms with E-state index in [0.29, 0.717) is 13.1 Å². The van der Waals surface area contributed by atoms with E-state index in [4.69, 9.17) is 9.84 Å². The fourth-order valence-corrected chi connectivity index (χ4v) is 2.22. The maximum Gasteiger partial charge on any atom is 0.315 e. The lowest BCUT2D eigenvalue weighted by molar-refractivity contribution is -0.142. The summed E-state index contributed by atoms with van der Waals surface area (Å²) in [5, 5.41) is 14.1. The van der Waals surface area contributed by atoms with Crippen molar-refractivity contribution < 1.29 is 24.2 Å². The molecule has 8 nitrogen and oxygen atoms in total. The van der Waals surface area contributed by atoms with Gasteiger partial charge in [0.25, 0.3) is 0 Å². The van der Waals surface area contributed by atoms with Gasteiger partial charge in [-0.25, -0.2) is 4.79 Å². The smallest absolute Gasteiger partial charge is 0.315 e. The zero-order valence-electron chi connectivity index (χ0n) is 12.6. The number of amides is 3. The Bertz CT molecular complexity index is 397. The summed E-state index contributed by atoms with van der Waals surface area (Å²) in [6.07, 6.45) is 0. The van der Waals surface area contributed by atoms with Crippen LogP contribution < -0.4 is 10.6 Å². The Balaban J connectivity index is 2.49. The maximum atomic E-state index is 12.0. The topological polar surface area (TPSA) is 108 Å². The molecule has 0 aliphatic carbocycles. The molecule has 0 radical (unpaired) electrons. The number of likely N-dealkylation sites (N-methyl/N-ethyl adjacent to an activating group) is 1. The van der Waals surface area contributed by atoms with Gasteiger partial charge in [0.2, 0.25) is 5.91 Å². The highest BCUT2D eigenvalue weighted by atomic mass is 16.5. The molecular formula is C13H23N3O5. The predicted molar refractivity (Wildman–Crippen MR) is 74.8 cm³/mol. The van der Waals surface area contributed by atoms with Gasteiger partial charge in [0.15, 0.2) is 0 Å². The zero-order valence-corrected chi connectivity index (χ0v) is 12.6. The normalized spacial score (nSPS) is 22.4. The molecule has 1 rings (SSSR count). The number of nitrogens with zero attached hydrogens (tertiary/aromatic N) is 1. The number of carbonyl (C=O) groups excluding carboxylic acids is 2. The lowest BCUT2D eigenvalue weighted by Gasteiger charge is -2.24. The van der Waals surface area contributed by atoms with E-state index in [2.05, 4.69) is 10.6 Å². The number of nitrogens with one attached hydrogen (secondary N) is 2. The summed E-state index contributed by atoms with van der Waals surface area (Å²) in [5.41, 5.74) is 0. The highest BCUT2D eigenvalue weighted by Gasteiger charge is 2.35. The third-order valence-corrected chi connectivity index (χ3v) is 3.51. The average molecular weight is 301 g/mol. The number of hydrogen-bond donors (Lipinski definition) is 3. The van der Waals surface area contributed by atoms with E-state index in [1.54, 1.807) is 11.8 Å². The van der Waals surface area contributed by atoms with Crippen LogP contribution in [0.15, 0.2) is 0 Å². The van der Waals surface area contributed by atoms with Crippen LogP contribution in [0.2, 0.25) is 0 Å². The number of aliphatic carboxylic acids is 1. The van der Waals surface area contributed by atoms with Gasteiger partial charge in [0, 0.05) is 13.1 Å². The van der Waals surface area contributed by atoms with Gasteiger partial charge in [0.1, 0.15) is 12.0 Å². The van der Waals surface area contributed by atoms with E-state index in [9.17, 15) is 14.4 Å². The van der Waals surface area contributed by atoms with Crippen LogP contribution in [0.4, 0.5) is 4.79 Å². The van der Waals surface area contributed by atoms with E-state index in [1.807, 2.05) is 13.8 Å². The van der Waals surface area contributed by atoms with E-state index in [1.165, 1.54) is 0 Å². The van der Waals surface area contributed by atoms with Crippen LogP contribution in [0.1, 0.15) is 20.8 Å². The molecule has 1 heterocycles. The summed E-state index contributed by atoms with van der Waals surface area (Å²) in [6.45, 7) is 6.70. The van der Waals surface area contributed by atoms with Crippen LogP contribution in [0.3, 0.4) is 0 Å². The number of carboxylic acids is 1. The molecule has 3 atom stereocenters. The van der Waals surface area contributed by atoms with E-state index in [0.717, 1.165) is 0 Å². The highest BCUT2D eigenvalue weighted by molar-refractivity contribution is 5.87. The second-order valence-electron chi connectivity index (χ2n) is 4.94. The zero-order chi connectivity index (χ0) is 16.0. The molecular weight excluding hydrogens is 278 g/mol. The van der Waals surface area contributed by atoms with Crippen LogP contribution in [0, 0.1) is 5.92 Å². The number of carboxylic acid groups (broad SMARTS) is 1. The molecule has 0 aromatic heterocycles. The van der Waals surface area contributed by atoms with Crippen LogP contribution in [-0.4, -0.2) is 66.3 Å². The lowest BCUT2D eigenvalue weighted by atomic mass is 10.0. The van der Waals surface area contributed by atoms with Crippen molar-refractivity contribution in [3.8, 4) is 0 Å². The van der Waals surface area contributed by atoms with Gasteiger partial charge < -0.3 is 25.4 Å². The van der Waals surface area contributed by atoms with Crippen molar-refractivity contribution >= 4 is 17.9 Å². The van der Waals surface area contributed by atoms with Gasteiger partial charge in [-0.3, -0.25) is 9.59 Å². The molecule has 1 aliphatic rings. The molecule has 3 amide bonds. The van der Waals surface area contributed by atoms with Crippen LogP contribution in [0.25, 0.3) is 0 Å². The third-order valence-electron chi connectivity index (χ3n) is 3.51. The monoisotopic (exact) mass is 301 g/mol. The number of hydrogen-bond acceptors (Lipinski definition) is 4. The van der Waals surface area contributed by atoms with Crippen molar-refractivity contribution in [2.75, 3.05) is 26.3 Å². The van der Waals surface area contributed by atoms with Crippen molar-refractivity contribution in [2.24, 2.45) is 5.92 Å². The fraction of sp³-hybridized carbons (Fsp3) is 0.769. The van der Waals surface area contributed by atoms with Crippen molar-refractivity contribution in [3.05, 3.63) is 0 Å². The van der Waals surface area contributed by atoms with E-state index in [-0.39, 0.29) is 19.1 Å². The summed E-state index contributed by atoms with van der Waals surface area (Å²) in [4.78, 5) is 36.4. The SMILES string of the molecule is CCN(CC)C(=O)C(C)NC(=O)NC1COCC1C(=O)O. The standard InChI is InChI=1S/C13H23N3O5/c1-4-16(5-2)11(17)8(3)14-13(20)15-10-7-21-6-9(10)12(18)19/h8-10H,4-7H2,1-3H3,(H,18,19)(H2,14,15,20). The Morgan fingerprint density at radius 2 is 1.90 bits per heavy atom. The minimum Gasteiger partial charge on any atom is -0.481 e. The summed E-state index contributed by atoms with van der Waals surface area (Å²) < 4.78 is 5.06. The van der Waals surface area contributed by atoms with Gasteiger partial charge in [-0.2, -0.15) is 0 Å². The van der Waals surface area contributed by atoms with Crippen molar-refractivity contribution in [1.29, 1.82) is 0 Å². The molecule has 3 unspecified atom stereocenters. The van der Waals surface area contributed by atoms with Crippen LogP contribution in [-0.2, 0) is 14.3 Å². The molecule has 3 N–H and O–H groups in total. The van der Waals surface area contributed by atoms with Gasteiger partial charge in [0.05, 0.1) is 19.3 Å². The minimum absolute atomic E-state index is 0.0776. The Labute approximate surface area is 123 Å². The molecule has 1 aliphatic heterocycles. The van der Waals surface area contributed by atoms with E-state index >= 15 is 0 Å². The first-order chi connectivity index (χ1) is 9.90. The molecule has 0 aromatic carbocycles. The molecule has 8 heteroatoms. The summed E-state index contributed by atoms with van der Waals surface area (Å²) in [5.74, 6) is -1.94. The Morgan fingerprint density at radius 3 is 2.43 bits per heavy atom. The summed E-state index contributed by atoms with van der Waals surface area (Å²) in [7, 11) is 0. The first kappa shape index (κ1) is 17.2. The average Bonchev–Trinajstić information content (AvgIpc) is 2.87. The number of urea groups is 1. The molecule has 1 saturated heterocycles. The summed E-state index contributed by atoms with van der Waals surface area (Å²) in [6, 6.07) is -1.82. The summed E-state index contributed by atoms with van der Waals surface area (Å²) >= 11 is 0. The second kappa shape index (κ2) is 7.82. The second-order valence-corrected chi connectivity index (χ2v) is 4.94. The molecule has 0 saturated carbocycles. The Kier molecular flexibility index (Phi) is 6.41. The molecule has 21 heavy (non-hydrogen) atoms. The first-order valence-electron chi connectivity index (χ1n) is 7.07. The third kappa shape index (κ3) is 4.59. The van der Waals surface area contributed by atoms with Gasteiger partial charge in [-0.1, -0.05) is 0 Å². The van der Waals surface area contributed by atoms with E-state index < -0.39 is 30.0 Å². The maximum absolute atomic E-state index is 12.0. The molecule has 0 bridgehead atoms. The Morgan fingerprint density at radius 1 is 1.29 bits per heavy atom. The number of ether oxygens (including phenoxy) is 1. The number of carbonyl (C=O) groups is 3. The lowest BCUT2D eigenvalue weighted by Crippen LogP contribution is -2.53. The van der Waals surface area contributed by atoms with Crippen molar-refractivity contribution in [1.82, 2.24) is 15.5 Å². The number of rotatable bonds is 6. The molecule has 1 fully saturated rings. The first-order valence-corrected chi connectivity index (χ1v) is 7.07. The van der Waals surface area contributed by atoms with Crippen molar-refractivity contribution in [2.45, 2.75) is 32.9 Å². The molecule has 0 spiro atoms. The quantitative estimate of drug-likeness (QED) is 0.621. The fourth-order valence-electron chi connectivity index (χ4n) is 2.22. The van der Waals surface area contributed by atoms with Gasteiger partial charge >= 0.3 is 12.0 Å². The highest BCUT2D eigenvalue weighted by Crippen LogP contribution is 2.13. The van der Waals surface area contributed by atoms with Crippen molar-refractivity contribution in [3.63, 3.8) is 0 Å². The van der Waals surface area contributed by atoms with Gasteiger partial charge in [-0.15, -0.1) is 0 Å². The minimum atomic E-state index is -1.01.